The van der Waals surface area contributed by atoms with E-state index < -0.39 is 19.4 Å². The van der Waals surface area contributed by atoms with Crippen molar-refractivity contribution in [1.29, 1.82) is 0 Å². The second-order valence-electron chi connectivity index (χ2n) is 4.97. The number of piperidine rings is 1. The fraction of sp³-hybridized carbons (Fsp3) is 0.571. The van der Waals surface area contributed by atoms with Crippen LogP contribution in [-0.2, 0) is 0 Å². The largest absolute Gasteiger partial charge is 0.573 e. The van der Waals surface area contributed by atoms with Gasteiger partial charge in [-0.15, -0.1) is 13.2 Å². The summed E-state index contributed by atoms with van der Waals surface area (Å²) in [4.78, 5) is 0. The van der Waals surface area contributed by atoms with E-state index in [9.17, 15) is 22.0 Å². The molecule has 0 unspecified atom stereocenters. The van der Waals surface area contributed by atoms with Crippen LogP contribution in [0.25, 0.3) is 0 Å². The molecule has 22 heavy (non-hydrogen) atoms. The van der Waals surface area contributed by atoms with Crippen LogP contribution >= 0.6 is 0 Å². The lowest BCUT2D eigenvalue weighted by molar-refractivity contribution is -0.274. The molecule has 8 heteroatoms. The second-order valence-corrected chi connectivity index (χ2v) is 4.97. The molecule has 0 amide bonds. The van der Waals surface area contributed by atoms with Crippen LogP contribution in [0.5, 0.6) is 11.5 Å². The van der Waals surface area contributed by atoms with Gasteiger partial charge in [0.15, 0.2) is 0 Å². The predicted octanol–water partition coefficient (Wildman–Crippen LogP) is 3.70. The molecule has 3 nitrogen and oxygen atoms in total. The quantitative estimate of drug-likeness (QED) is 0.838. The summed E-state index contributed by atoms with van der Waals surface area (Å²) in [6.07, 6.45) is -6.05. The van der Waals surface area contributed by atoms with Crippen LogP contribution in [0.15, 0.2) is 18.2 Å². The molecule has 0 bridgehead atoms. The maximum absolute atomic E-state index is 12.3. The number of hydrogen-bond acceptors (Lipinski definition) is 3. The van der Waals surface area contributed by atoms with Gasteiger partial charge in [-0.1, -0.05) is 0 Å². The van der Waals surface area contributed by atoms with Crippen LogP contribution in [0.1, 0.15) is 24.3 Å². The first-order valence-corrected chi connectivity index (χ1v) is 6.86. The molecule has 124 valence electrons. The van der Waals surface area contributed by atoms with Crippen LogP contribution in [0.2, 0.25) is 0 Å². The monoisotopic (exact) mass is 325 g/mol. The summed E-state index contributed by atoms with van der Waals surface area (Å²) < 4.78 is 70.4. The molecule has 0 aromatic heterocycles. The summed E-state index contributed by atoms with van der Waals surface area (Å²) in [6, 6.07) is 3.55. The number of alkyl halides is 5. The Morgan fingerprint density at radius 3 is 2.45 bits per heavy atom. The molecule has 2 rings (SSSR count). The third kappa shape index (κ3) is 5.01. The smallest absolute Gasteiger partial charge is 0.487 e. The van der Waals surface area contributed by atoms with E-state index in [1.807, 2.05) is 0 Å². The Hall–Kier alpha value is -1.57. The minimum absolute atomic E-state index is 0.0503. The number of halogens is 5. The highest BCUT2D eigenvalue weighted by molar-refractivity contribution is 5.43. The lowest BCUT2D eigenvalue weighted by Crippen LogP contribution is -2.27. The molecule has 0 spiro atoms. The topological polar surface area (TPSA) is 30.5 Å². The van der Waals surface area contributed by atoms with Gasteiger partial charge in [0.1, 0.15) is 18.1 Å². The van der Waals surface area contributed by atoms with Crippen molar-refractivity contribution in [2.24, 2.45) is 0 Å². The minimum atomic E-state index is -4.79. The van der Waals surface area contributed by atoms with Crippen LogP contribution < -0.4 is 14.8 Å². The standard InChI is InChI=1S/C14H16F5NO2/c15-13(16)8-21-12-2-1-10(22-14(17,18)19)7-11(12)9-3-5-20-6-4-9/h1-2,7,9,13,20H,3-6,8H2. The van der Waals surface area contributed by atoms with Gasteiger partial charge in [-0.05, 0) is 50.0 Å². The van der Waals surface area contributed by atoms with Gasteiger partial charge in [0.05, 0.1) is 0 Å². The Labute approximate surface area is 124 Å². The van der Waals surface area contributed by atoms with Crippen molar-refractivity contribution in [3.8, 4) is 11.5 Å². The minimum Gasteiger partial charge on any atom is -0.487 e. The summed E-state index contributed by atoms with van der Waals surface area (Å²) in [6.45, 7) is 0.629. The highest BCUT2D eigenvalue weighted by atomic mass is 19.4. The zero-order chi connectivity index (χ0) is 16.2. The van der Waals surface area contributed by atoms with Gasteiger partial charge >= 0.3 is 6.36 Å². The van der Waals surface area contributed by atoms with E-state index >= 15 is 0 Å². The zero-order valence-corrected chi connectivity index (χ0v) is 11.6. The summed E-state index contributed by atoms with van der Waals surface area (Å²) in [5, 5.41) is 3.13. The van der Waals surface area contributed by atoms with Crippen LogP contribution in [0, 0.1) is 0 Å². The predicted molar refractivity (Wildman–Crippen MR) is 69.5 cm³/mol. The van der Waals surface area contributed by atoms with Gasteiger partial charge in [-0.3, -0.25) is 0 Å². The van der Waals surface area contributed by atoms with E-state index in [0.717, 1.165) is 6.07 Å². The molecule has 1 heterocycles. The first kappa shape index (κ1) is 16.8. The van der Waals surface area contributed by atoms with Crippen molar-refractivity contribution in [3.63, 3.8) is 0 Å². The third-order valence-corrected chi connectivity index (χ3v) is 3.36. The molecule has 1 saturated heterocycles. The first-order valence-electron chi connectivity index (χ1n) is 6.86. The molecule has 0 radical (unpaired) electrons. The number of hydrogen-bond donors (Lipinski definition) is 1. The van der Waals surface area contributed by atoms with Crippen molar-refractivity contribution in [2.75, 3.05) is 19.7 Å². The van der Waals surface area contributed by atoms with Crippen LogP contribution in [0.3, 0.4) is 0 Å². The van der Waals surface area contributed by atoms with E-state index in [4.69, 9.17) is 4.74 Å². The van der Waals surface area contributed by atoms with E-state index in [2.05, 4.69) is 10.1 Å². The molecule has 1 aliphatic heterocycles. The fourth-order valence-corrected chi connectivity index (χ4v) is 2.46. The Morgan fingerprint density at radius 1 is 1.18 bits per heavy atom. The van der Waals surface area contributed by atoms with E-state index in [-0.39, 0.29) is 17.4 Å². The maximum Gasteiger partial charge on any atom is 0.573 e. The second kappa shape index (κ2) is 7.13. The van der Waals surface area contributed by atoms with Crippen molar-refractivity contribution < 1.29 is 31.4 Å². The van der Waals surface area contributed by atoms with Crippen molar-refractivity contribution >= 4 is 0 Å². The molecule has 1 aromatic rings. The van der Waals surface area contributed by atoms with E-state index in [0.29, 0.717) is 31.5 Å². The zero-order valence-electron chi connectivity index (χ0n) is 11.6. The number of benzene rings is 1. The molecular formula is C14H16F5NO2. The summed E-state index contributed by atoms with van der Waals surface area (Å²) in [5.74, 6) is -0.238. The Morgan fingerprint density at radius 2 is 1.86 bits per heavy atom. The highest BCUT2D eigenvalue weighted by Crippen LogP contribution is 2.36. The van der Waals surface area contributed by atoms with Crippen LogP contribution in [0.4, 0.5) is 22.0 Å². The van der Waals surface area contributed by atoms with Gasteiger partial charge in [-0.2, -0.15) is 0 Å². The molecule has 0 saturated carbocycles. The van der Waals surface area contributed by atoms with Crippen molar-refractivity contribution in [3.05, 3.63) is 23.8 Å². The fourth-order valence-electron chi connectivity index (χ4n) is 2.46. The molecule has 1 fully saturated rings. The Bertz CT molecular complexity index is 487. The lowest BCUT2D eigenvalue weighted by Gasteiger charge is -2.25. The summed E-state index contributed by atoms with van der Waals surface area (Å²) >= 11 is 0. The number of ether oxygens (including phenoxy) is 2. The maximum atomic E-state index is 12.3. The summed E-state index contributed by atoms with van der Waals surface area (Å²) in [5.41, 5.74) is 0.476. The molecular weight excluding hydrogens is 309 g/mol. The average Bonchev–Trinajstić information content (AvgIpc) is 2.45. The molecule has 1 N–H and O–H groups in total. The normalized spacial score (nSPS) is 16.8. The van der Waals surface area contributed by atoms with Crippen molar-refractivity contribution in [2.45, 2.75) is 31.5 Å². The molecule has 0 atom stereocenters. The molecule has 1 aliphatic rings. The van der Waals surface area contributed by atoms with Gasteiger partial charge in [0.2, 0.25) is 0 Å². The average molecular weight is 325 g/mol. The Kier molecular flexibility index (Phi) is 5.44. The van der Waals surface area contributed by atoms with Crippen molar-refractivity contribution in [1.82, 2.24) is 5.32 Å². The van der Waals surface area contributed by atoms with Crippen LogP contribution in [-0.4, -0.2) is 32.5 Å². The Balaban J connectivity index is 2.23. The van der Waals surface area contributed by atoms with Gasteiger partial charge in [0, 0.05) is 5.56 Å². The highest BCUT2D eigenvalue weighted by Gasteiger charge is 2.32. The third-order valence-electron chi connectivity index (χ3n) is 3.36. The van der Waals surface area contributed by atoms with E-state index in [1.165, 1.54) is 12.1 Å². The number of nitrogens with one attached hydrogen (secondary N) is 1. The molecule has 0 aliphatic carbocycles. The SMILES string of the molecule is FC(F)COc1ccc(OC(F)(F)F)cc1C1CCNCC1. The molecule has 1 aromatic carbocycles. The van der Waals surface area contributed by atoms with Gasteiger partial charge in [-0.25, -0.2) is 8.78 Å². The van der Waals surface area contributed by atoms with E-state index in [1.54, 1.807) is 0 Å². The first-order chi connectivity index (χ1) is 10.3. The summed E-state index contributed by atoms with van der Waals surface area (Å²) in [7, 11) is 0. The number of rotatable bonds is 5. The lowest BCUT2D eigenvalue weighted by atomic mass is 9.89. The van der Waals surface area contributed by atoms with Gasteiger partial charge in [0.25, 0.3) is 6.43 Å². The van der Waals surface area contributed by atoms with Gasteiger partial charge < -0.3 is 14.8 Å².